The molecule has 1 aromatic heterocycles. The second-order valence-electron chi connectivity index (χ2n) is 5.57. The Morgan fingerprint density at radius 3 is 2.60 bits per heavy atom. The number of carbonyl (C=O) groups is 1. The molecule has 4 nitrogen and oxygen atoms in total. The molecule has 0 saturated heterocycles. The van der Waals surface area contributed by atoms with E-state index in [2.05, 4.69) is 36.3 Å². The minimum Gasteiger partial charge on any atom is -0.320 e. The topological polar surface area (TPSA) is 57.8 Å². The highest BCUT2D eigenvalue weighted by Gasteiger charge is 2.19. The number of rotatable bonds is 3. The van der Waals surface area contributed by atoms with E-state index in [-0.39, 0.29) is 11.3 Å². The van der Waals surface area contributed by atoms with E-state index in [9.17, 15) is 4.79 Å². The Kier molecular flexibility index (Phi) is 4.18. The van der Waals surface area contributed by atoms with Crippen molar-refractivity contribution in [1.29, 1.82) is 0 Å². The van der Waals surface area contributed by atoms with Crippen LogP contribution in [0.4, 0.5) is 5.69 Å². The van der Waals surface area contributed by atoms with Crippen molar-refractivity contribution in [2.75, 3.05) is 11.6 Å². The Hall–Kier alpha value is -1.75. The van der Waals surface area contributed by atoms with E-state index in [0.717, 1.165) is 16.3 Å². The number of thioether (sulfide) groups is 1. The number of nitrogens with one attached hydrogen (secondary N) is 2. The van der Waals surface area contributed by atoms with Crippen LogP contribution in [0, 0.1) is 0 Å². The van der Waals surface area contributed by atoms with Gasteiger partial charge in [-0.25, -0.2) is 0 Å². The molecule has 1 aromatic carbocycles. The monoisotopic (exact) mass is 289 g/mol. The lowest BCUT2D eigenvalue weighted by molar-refractivity contribution is 0.102. The molecule has 1 amide bonds. The third kappa shape index (κ3) is 3.22. The van der Waals surface area contributed by atoms with Gasteiger partial charge in [-0.2, -0.15) is 5.10 Å². The van der Waals surface area contributed by atoms with Crippen LogP contribution in [0.25, 0.3) is 0 Å². The lowest BCUT2D eigenvalue weighted by Crippen LogP contribution is -2.13. The summed E-state index contributed by atoms with van der Waals surface area (Å²) in [5, 5.41) is 9.92. The summed E-state index contributed by atoms with van der Waals surface area (Å²) in [5.74, 6) is -0.196. The Labute approximate surface area is 123 Å². The Bertz CT molecular complexity index is 614. The number of anilines is 1. The van der Waals surface area contributed by atoms with E-state index in [0.29, 0.717) is 5.69 Å². The predicted molar refractivity (Wildman–Crippen MR) is 83.5 cm³/mol. The highest BCUT2D eigenvalue weighted by molar-refractivity contribution is 7.98. The summed E-state index contributed by atoms with van der Waals surface area (Å²) in [7, 11) is 0. The van der Waals surface area contributed by atoms with Gasteiger partial charge in [0.1, 0.15) is 0 Å². The summed E-state index contributed by atoms with van der Waals surface area (Å²) >= 11 is 1.60. The second kappa shape index (κ2) is 5.71. The molecule has 0 bridgehead atoms. The third-order valence-corrected chi connectivity index (χ3v) is 3.77. The summed E-state index contributed by atoms with van der Waals surface area (Å²) in [6, 6.07) is 9.53. The zero-order valence-corrected chi connectivity index (χ0v) is 13.0. The highest BCUT2D eigenvalue weighted by atomic mass is 32.2. The van der Waals surface area contributed by atoms with Crippen molar-refractivity contribution in [3.05, 3.63) is 41.7 Å². The molecular weight excluding hydrogens is 270 g/mol. The van der Waals surface area contributed by atoms with Gasteiger partial charge in [0, 0.05) is 16.0 Å². The zero-order chi connectivity index (χ0) is 14.8. The number of nitrogens with zero attached hydrogens (tertiary/aromatic N) is 1. The fourth-order valence-corrected chi connectivity index (χ4v) is 2.31. The molecule has 0 radical (unpaired) electrons. The van der Waals surface area contributed by atoms with Crippen LogP contribution in [0.5, 0.6) is 0 Å². The van der Waals surface area contributed by atoms with Crippen LogP contribution >= 0.6 is 11.8 Å². The summed E-state index contributed by atoms with van der Waals surface area (Å²) in [5.41, 5.74) is 2.11. The summed E-state index contributed by atoms with van der Waals surface area (Å²) in [4.78, 5) is 13.3. The van der Waals surface area contributed by atoms with E-state index in [1.54, 1.807) is 17.8 Å². The quantitative estimate of drug-likeness (QED) is 0.847. The molecule has 0 saturated carbocycles. The number of hydrogen-bond donors (Lipinski definition) is 2. The number of amides is 1. The molecule has 0 spiro atoms. The molecule has 2 rings (SSSR count). The van der Waals surface area contributed by atoms with Gasteiger partial charge in [-0.1, -0.05) is 32.9 Å². The first-order chi connectivity index (χ1) is 9.41. The van der Waals surface area contributed by atoms with Gasteiger partial charge >= 0.3 is 0 Å². The normalized spacial score (nSPS) is 11.4. The lowest BCUT2D eigenvalue weighted by Gasteiger charge is -2.14. The average Bonchev–Trinajstić information content (AvgIpc) is 2.89. The first kappa shape index (κ1) is 14.7. The molecule has 0 aliphatic carbocycles. The van der Waals surface area contributed by atoms with Gasteiger partial charge < -0.3 is 5.32 Å². The molecule has 0 aliphatic heterocycles. The van der Waals surface area contributed by atoms with Crippen LogP contribution in [-0.4, -0.2) is 22.4 Å². The van der Waals surface area contributed by atoms with Crippen molar-refractivity contribution in [1.82, 2.24) is 10.2 Å². The first-order valence-electron chi connectivity index (χ1n) is 6.42. The van der Waals surface area contributed by atoms with Crippen LogP contribution in [-0.2, 0) is 5.41 Å². The number of para-hydroxylation sites is 1. The van der Waals surface area contributed by atoms with Gasteiger partial charge in [-0.05, 0) is 24.5 Å². The number of benzene rings is 1. The molecule has 0 unspecified atom stereocenters. The van der Waals surface area contributed by atoms with Gasteiger partial charge in [0.2, 0.25) is 0 Å². The number of hydrogen-bond acceptors (Lipinski definition) is 3. The summed E-state index contributed by atoms with van der Waals surface area (Å²) < 4.78 is 0. The van der Waals surface area contributed by atoms with Crippen LogP contribution < -0.4 is 5.32 Å². The molecule has 20 heavy (non-hydrogen) atoms. The van der Waals surface area contributed by atoms with Crippen molar-refractivity contribution in [2.45, 2.75) is 31.1 Å². The summed E-state index contributed by atoms with van der Waals surface area (Å²) in [6.45, 7) is 6.22. The number of carbonyl (C=O) groups excluding carboxylic acids is 1. The van der Waals surface area contributed by atoms with E-state index in [1.807, 2.05) is 30.5 Å². The molecular formula is C15H19N3OS. The van der Waals surface area contributed by atoms with Gasteiger partial charge in [0.15, 0.2) is 5.69 Å². The number of aromatic amines is 1. The SMILES string of the molecule is CSc1ccccc1NC(=O)c1cc(C(C)(C)C)[nH]n1. The molecule has 0 atom stereocenters. The van der Waals surface area contributed by atoms with Gasteiger partial charge in [0.25, 0.3) is 5.91 Å². The molecule has 106 valence electrons. The van der Waals surface area contributed by atoms with E-state index in [4.69, 9.17) is 0 Å². The highest BCUT2D eigenvalue weighted by Crippen LogP contribution is 2.25. The predicted octanol–water partition coefficient (Wildman–Crippen LogP) is 3.68. The summed E-state index contributed by atoms with van der Waals surface area (Å²) in [6.07, 6.45) is 1.98. The Balaban J connectivity index is 2.18. The fourth-order valence-electron chi connectivity index (χ4n) is 1.76. The van der Waals surface area contributed by atoms with Crippen LogP contribution in [0.3, 0.4) is 0 Å². The van der Waals surface area contributed by atoms with Crippen LogP contribution in [0.2, 0.25) is 0 Å². The average molecular weight is 289 g/mol. The zero-order valence-electron chi connectivity index (χ0n) is 12.2. The fraction of sp³-hybridized carbons (Fsp3) is 0.333. The molecule has 0 aliphatic rings. The van der Waals surface area contributed by atoms with Crippen molar-refractivity contribution in [3.8, 4) is 0 Å². The molecule has 1 heterocycles. The van der Waals surface area contributed by atoms with E-state index in [1.165, 1.54) is 0 Å². The standard InChI is InChI=1S/C15H19N3OS/c1-15(2,3)13-9-11(17-18-13)14(19)16-10-7-5-6-8-12(10)20-4/h5-9H,1-4H3,(H,16,19)(H,17,18). The Morgan fingerprint density at radius 1 is 1.30 bits per heavy atom. The van der Waals surface area contributed by atoms with Gasteiger partial charge in [-0.3, -0.25) is 9.89 Å². The molecule has 5 heteroatoms. The van der Waals surface area contributed by atoms with Gasteiger partial charge in [-0.15, -0.1) is 11.8 Å². The van der Waals surface area contributed by atoms with Crippen molar-refractivity contribution in [3.63, 3.8) is 0 Å². The minimum atomic E-state index is -0.196. The van der Waals surface area contributed by atoms with Crippen LogP contribution in [0.1, 0.15) is 37.0 Å². The number of aromatic nitrogens is 2. The van der Waals surface area contributed by atoms with Crippen molar-refractivity contribution < 1.29 is 4.79 Å². The molecule has 0 fully saturated rings. The van der Waals surface area contributed by atoms with Gasteiger partial charge in [0.05, 0.1) is 5.69 Å². The van der Waals surface area contributed by atoms with Crippen molar-refractivity contribution in [2.24, 2.45) is 0 Å². The molecule has 2 aromatic rings. The maximum Gasteiger partial charge on any atom is 0.276 e. The molecule has 2 N–H and O–H groups in total. The maximum atomic E-state index is 12.2. The smallest absolute Gasteiger partial charge is 0.276 e. The van der Waals surface area contributed by atoms with Crippen LogP contribution in [0.15, 0.2) is 35.2 Å². The first-order valence-corrected chi connectivity index (χ1v) is 7.64. The third-order valence-electron chi connectivity index (χ3n) is 2.97. The van der Waals surface area contributed by atoms with E-state index >= 15 is 0 Å². The maximum absolute atomic E-state index is 12.2. The van der Waals surface area contributed by atoms with E-state index < -0.39 is 0 Å². The number of H-pyrrole nitrogens is 1. The Morgan fingerprint density at radius 2 is 2.00 bits per heavy atom. The second-order valence-corrected chi connectivity index (χ2v) is 6.42. The minimum absolute atomic E-state index is 0.0529. The van der Waals surface area contributed by atoms with Crippen molar-refractivity contribution >= 4 is 23.4 Å². The lowest BCUT2D eigenvalue weighted by atomic mass is 9.92. The largest absolute Gasteiger partial charge is 0.320 e.